The van der Waals surface area contributed by atoms with Crippen LogP contribution in [-0.2, 0) is 46.3 Å². The predicted molar refractivity (Wildman–Crippen MR) is 282 cm³/mol. The molecule has 0 saturated heterocycles. The summed E-state index contributed by atoms with van der Waals surface area (Å²) in [7, 11) is 0. The maximum Gasteiger partial charge on any atom is 0.330 e. The van der Waals surface area contributed by atoms with E-state index in [0.29, 0.717) is 38.6 Å². The van der Waals surface area contributed by atoms with Gasteiger partial charge < -0.3 is 46.9 Å². The van der Waals surface area contributed by atoms with Gasteiger partial charge in [0.1, 0.15) is 23.2 Å². The van der Waals surface area contributed by atoms with Crippen LogP contribution in [0, 0.1) is 20.8 Å². The second-order valence-electron chi connectivity index (χ2n) is 22.0. The Balaban J connectivity index is 1.42. The minimum atomic E-state index is -1.99. The number of nitrogens with zero attached hydrogens (tertiary/aromatic N) is 1. The number of hydrogen-bond acceptors (Lipinski definition) is 9. The van der Waals surface area contributed by atoms with Crippen LogP contribution in [0.5, 0.6) is 0 Å². The van der Waals surface area contributed by atoms with E-state index in [0.717, 1.165) is 43.2 Å². The normalized spacial score (nSPS) is 17.4. The molecule has 4 atom stereocenters. The SMILES string of the molecule is CC(C)(C)OC(=O)[C@H](CCCCNC(=O)[C@H](Cc1ccc2ccccc2c1)NC(=O)C1CCC(CNC(=O)[C@@H](N)Cc2ccc(I)cc2)CC1)NC(=O)N(C(C)(C)C)[C@@](CCC(=O)O)(C(=O)O)C(C)(C)C. The summed E-state index contributed by atoms with van der Waals surface area (Å²) in [5.41, 5.74) is 2.87. The molecular formula is C54H77IN6O10. The number of urea groups is 1. The number of amides is 5. The van der Waals surface area contributed by atoms with Gasteiger partial charge >= 0.3 is 23.9 Å². The Hall–Kier alpha value is -5.30. The molecule has 1 aliphatic rings. The average Bonchev–Trinajstić information content (AvgIpc) is 3.27. The highest BCUT2D eigenvalue weighted by Crippen LogP contribution is 2.44. The molecule has 0 radical (unpaired) electrons. The van der Waals surface area contributed by atoms with Crippen molar-refractivity contribution in [1.29, 1.82) is 0 Å². The van der Waals surface area contributed by atoms with Gasteiger partial charge in [0.15, 0.2) is 0 Å². The summed E-state index contributed by atoms with van der Waals surface area (Å²) < 4.78 is 6.81. The van der Waals surface area contributed by atoms with Gasteiger partial charge in [-0.1, -0.05) is 75.4 Å². The highest BCUT2D eigenvalue weighted by molar-refractivity contribution is 14.1. The molecule has 0 unspecified atom stereocenters. The van der Waals surface area contributed by atoms with Gasteiger partial charge in [0.05, 0.1) is 6.04 Å². The lowest BCUT2D eigenvalue weighted by Gasteiger charge is -2.54. The Morgan fingerprint density at radius 3 is 1.94 bits per heavy atom. The summed E-state index contributed by atoms with van der Waals surface area (Å²) in [4.78, 5) is 95.1. The van der Waals surface area contributed by atoms with Crippen molar-refractivity contribution in [3.05, 3.63) is 81.4 Å². The fourth-order valence-electron chi connectivity index (χ4n) is 9.40. The quantitative estimate of drug-likeness (QED) is 0.0295. The van der Waals surface area contributed by atoms with Crippen LogP contribution in [-0.4, -0.2) is 105 Å². The molecule has 3 aromatic rings. The van der Waals surface area contributed by atoms with Crippen LogP contribution in [0.3, 0.4) is 0 Å². The Labute approximate surface area is 432 Å². The van der Waals surface area contributed by atoms with Gasteiger partial charge in [-0.15, -0.1) is 0 Å². The van der Waals surface area contributed by atoms with Gasteiger partial charge in [0.25, 0.3) is 0 Å². The zero-order chi connectivity index (χ0) is 52.9. The zero-order valence-corrected chi connectivity index (χ0v) is 45.2. The number of halogens is 1. The smallest absolute Gasteiger partial charge is 0.330 e. The number of nitrogens with two attached hydrogens (primary N) is 1. The summed E-state index contributed by atoms with van der Waals surface area (Å²) in [5.74, 6) is -4.25. The third kappa shape index (κ3) is 17.2. The molecular weight excluding hydrogens is 1020 g/mol. The first-order valence-electron chi connectivity index (χ1n) is 24.7. The van der Waals surface area contributed by atoms with E-state index in [-0.39, 0.29) is 48.9 Å². The first kappa shape index (κ1) is 58.3. The number of benzene rings is 3. The van der Waals surface area contributed by atoms with Gasteiger partial charge in [-0.05, 0) is 167 Å². The van der Waals surface area contributed by atoms with Crippen LogP contribution in [0.15, 0.2) is 66.7 Å². The molecule has 71 heavy (non-hydrogen) atoms. The molecule has 3 aromatic carbocycles. The lowest BCUT2D eigenvalue weighted by atomic mass is 9.68. The van der Waals surface area contributed by atoms with E-state index in [4.69, 9.17) is 10.5 Å². The van der Waals surface area contributed by atoms with Crippen molar-refractivity contribution in [1.82, 2.24) is 26.2 Å². The molecule has 1 aliphatic carbocycles. The highest BCUT2D eigenvalue weighted by Gasteiger charge is 2.58. The number of rotatable bonds is 22. The molecule has 4 rings (SSSR count). The van der Waals surface area contributed by atoms with Crippen LogP contribution < -0.4 is 27.0 Å². The second-order valence-corrected chi connectivity index (χ2v) is 23.2. The first-order chi connectivity index (χ1) is 33.1. The van der Waals surface area contributed by atoms with Crippen molar-refractivity contribution in [3.8, 4) is 0 Å². The number of nitrogens with one attached hydrogen (secondary N) is 4. The second kappa shape index (κ2) is 25.4. The summed E-state index contributed by atoms with van der Waals surface area (Å²) in [6.07, 6.45) is 3.19. The number of carboxylic acid groups (broad SMARTS) is 2. The average molecular weight is 1100 g/mol. The molecule has 0 bridgehead atoms. The van der Waals surface area contributed by atoms with Crippen LogP contribution >= 0.6 is 22.6 Å². The van der Waals surface area contributed by atoms with Crippen molar-refractivity contribution in [2.75, 3.05) is 13.1 Å². The molecule has 0 aromatic heterocycles. The standard InChI is InChI=1S/C54H77IN6O10/c1-51(2,3)54(49(68)69,28-27-44(62)63)61(52(4,5)6)50(70)60-42(48(67)71-53(7,8)9)16-12-13-29-57-47(66)43(32-36-19-22-37-14-10-11-15-39(37)30-36)59-45(64)38-23-17-35(18-24-38)33-58-46(65)41(56)31-34-20-25-40(55)26-21-34/h10-11,14-15,19-22,25-26,30,35,38,41-43H,12-13,16-18,23-24,27-29,31-33,56H2,1-9H3,(H,57,66)(H,58,65)(H,59,64)(H,60,70)(H,62,63)(H,68,69)/t35?,38?,41-,42-,43-,54-/m0/s1. The van der Waals surface area contributed by atoms with Gasteiger partial charge in [-0.3, -0.25) is 19.2 Å². The van der Waals surface area contributed by atoms with Crippen LogP contribution in [0.25, 0.3) is 10.8 Å². The predicted octanol–water partition coefficient (Wildman–Crippen LogP) is 7.51. The van der Waals surface area contributed by atoms with E-state index in [1.807, 2.05) is 66.7 Å². The molecule has 5 amide bonds. The molecule has 1 fully saturated rings. The molecule has 0 aliphatic heterocycles. The van der Waals surface area contributed by atoms with Crippen molar-refractivity contribution in [3.63, 3.8) is 0 Å². The minimum absolute atomic E-state index is 0.0723. The Bertz CT molecular complexity index is 2330. The van der Waals surface area contributed by atoms with Gasteiger partial charge in [0.2, 0.25) is 17.7 Å². The Morgan fingerprint density at radius 2 is 1.37 bits per heavy atom. The summed E-state index contributed by atoms with van der Waals surface area (Å²) in [6, 6.07) is 18.1. The van der Waals surface area contributed by atoms with Crippen LogP contribution in [0.4, 0.5) is 4.79 Å². The third-order valence-corrected chi connectivity index (χ3v) is 13.9. The van der Waals surface area contributed by atoms with E-state index in [1.54, 1.807) is 62.3 Å². The molecule has 1 saturated carbocycles. The van der Waals surface area contributed by atoms with E-state index >= 15 is 0 Å². The lowest BCUT2D eigenvalue weighted by molar-refractivity contribution is -0.164. The van der Waals surface area contributed by atoms with Crippen molar-refractivity contribution >= 4 is 75.0 Å². The number of ether oxygens (including phenoxy) is 1. The molecule has 16 nitrogen and oxygen atoms in total. The molecule has 17 heteroatoms. The number of esters is 1. The van der Waals surface area contributed by atoms with Crippen molar-refractivity contribution < 1.29 is 48.5 Å². The highest BCUT2D eigenvalue weighted by atomic mass is 127. The number of carboxylic acids is 2. The number of aliphatic carboxylic acids is 2. The van der Waals surface area contributed by atoms with Gasteiger partial charge in [-0.25, -0.2) is 14.4 Å². The first-order valence-corrected chi connectivity index (χ1v) is 25.8. The van der Waals surface area contributed by atoms with Crippen molar-refractivity contribution in [2.24, 2.45) is 23.0 Å². The summed E-state index contributed by atoms with van der Waals surface area (Å²) in [6.45, 7) is 15.6. The monoisotopic (exact) mass is 1100 g/mol. The fraction of sp³-hybridized carbons (Fsp3) is 0.574. The topological polar surface area (TPSA) is 247 Å². The molecule has 8 N–H and O–H groups in total. The minimum Gasteiger partial charge on any atom is -0.481 e. The van der Waals surface area contributed by atoms with E-state index in [9.17, 15) is 43.8 Å². The van der Waals surface area contributed by atoms with Crippen LogP contribution in [0.1, 0.15) is 131 Å². The van der Waals surface area contributed by atoms with Gasteiger partial charge in [0, 0.05) is 41.0 Å². The van der Waals surface area contributed by atoms with Crippen LogP contribution in [0.2, 0.25) is 0 Å². The Morgan fingerprint density at radius 1 is 0.746 bits per heavy atom. The van der Waals surface area contributed by atoms with Gasteiger partial charge in [-0.2, -0.15) is 0 Å². The van der Waals surface area contributed by atoms with E-state index < -0.39 is 77.0 Å². The zero-order valence-electron chi connectivity index (χ0n) is 43.0. The number of unbranched alkanes of at least 4 members (excludes halogenated alkanes) is 1. The lowest BCUT2D eigenvalue weighted by Crippen LogP contribution is -2.71. The largest absolute Gasteiger partial charge is 0.481 e. The number of fused-ring (bicyclic) bond motifs is 1. The maximum absolute atomic E-state index is 14.4. The maximum atomic E-state index is 14.4. The summed E-state index contributed by atoms with van der Waals surface area (Å²) in [5, 5.41) is 34.2. The number of carbonyl (C=O) groups excluding carboxylic acids is 5. The van der Waals surface area contributed by atoms with E-state index in [1.165, 1.54) is 0 Å². The third-order valence-electron chi connectivity index (χ3n) is 13.1. The van der Waals surface area contributed by atoms with Crippen molar-refractivity contribution in [2.45, 2.75) is 168 Å². The van der Waals surface area contributed by atoms with E-state index in [2.05, 4.69) is 43.9 Å². The molecule has 0 heterocycles. The summed E-state index contributed by atoms with van der Waals surface area (Å²) >= 11 is 2.23. The number of hydrogen-bond donors (Lipinski definition) is 7. The number of carbonyl (C=O) groups is 7. The Kier molecular flexibility index (Phi) is 20.8. The molecule has 390 valence electrons. The fourth-order valence-corrected chi connectivity index (χ4v) is 9.76. The molecule has 0 spiro atoms.